The Kier molecular flexibility index (Phi) is 9.34. The van der Waals surface area contributed by atoms with Crippen LogP contribution in [0.2, 0.25) is 0 Å². The molecule has 2 aliphatic heterocycles. The van der Waals surface area contributed by atoms with Crippen molar-refractivity contribution in [3.05, 3.63) is 53.6 Å². The van der Waals surface area contributed by atoms with Gasteiger partial charge in [0.15, 0.2) is 11.5 Å². The van der Waals surface area contributed by atoms with E-state index in [0.717, 1.165) is 12.1 Å². The third-order valence-electron chi connectivity index (χ3n) is 6.60. The van der Waals surface area contributed by atoms with Gasteiger partial charge >= 0.3 is 0 Å². The monoisotopic (exact) mass is 513 g/mol. The number of nitrogens with one attached hydrogen (secondary N) is 1. The molecule has 3 N–H and O–H groups in total. The Balaban J connectivity index is 1.68. The molecule has 10 heteroatoms. The predicted molar refractivity (Wildman–Crippen MR) is 136 cm³/mol. The predicted octanol–water partition coefficient (Wildman–Crippen LogP) is 1.39. The average molecular weight is 514 g/mol. The van der Waals surface area contributed by atoms with Gasteiger partial charge in [0.1, 0.15) is 5.75 Å². The van der Waals surface area contributed by atoms with Crippen LogP contribution < -0.4 is 14.8 Å². The fourth-order valence-electron chi connectivity index (χ4n) is 4.72. The van der Waals surface area contributed by atoms with Gasteiger partial charge < -0.3 is 34.6 Å². The molecule has 4 bridgehead atoms. The topological polar surface area (TPSA) is 121 Å². The lowest BCUT2D eigenvalue weighted by Gasteiger charge is -2.39. The minimum absolute atomic E-state index is 0.0340. The summed E-state index contributed by atoms with van der Waals surface area (Å²) >= 11 is 0. The van der Waals surface area contributed by atoms with Crippen molar-refractivity contribution in [2.45, 2.75) is 31.6 Å². The second-order valence-electron chi connectivity index (χ2n) is 9.26. The van der Waals surface area contributed by atoms with Crippen molar-refractivity contribution in [3.8, 4) is 17.2 Å². The number of hydrogen-bond acceptors (Lipinski definition) is 8. The zero-order chi connectivity index (χ0) is 26.2. The standard InChI is InChI=1S/C27H35N3O7/c1-35-24-7-6-20-15-25(24)37-21-5-2-4-19(14-21)18-36-23-8-10-29(11-13-32)16-22(23)28-26(33)17-30(27(20)34)9-3-12-31/h2,4-7,14-15,22-23,31-32H,3,8-13,16-18H2,1H3,(H,28,33)/t22-,23-/m0/s1. The second kappa shape index (κ2) is 12.9. The van der Waals surface area contributed by atoms with Crippen molar-refractivity contribution in [2.24, 2.45) is 0 Å². The van der Waals surface area contributed by atoms with Crippen LogP contribution in [0.4, 0.5) is 0 Å². The van der Waals surface area contributed by atoms with Crippen LogP contribution in [0.25, 0.3) is 0 Å². The van der Waals surface area contributed by atoms with E-state index in [2.05, 4.69) is 10.2 Å². The first kappa shape index (κ1) is 26.9. The van der Waals surface area contributed by atoms with Gasteiger partial charge in [-0.2, -0.15) is 0 Å². The number of aliphatic hydroxyl groups excluding tert-OH is 2. The third-order valence-corrected chi connectivity index (χ3v) is 6.60. The van der Waals surface area contributed by atoms with Gasteiger partial charge in [-0.25, -0.2) is 0 Å². The summed E-state index contributed by atoms with van der Waals surface area (Å²) in [4.78, 5) is 30.1. The molecule has 1 fully saturated rings. The van der Waals surface area contributed by atoms with Gasteiger partial charge in [0.2, 0.25) is 5.91 Å². The van der Waals surface area contributed by atoms with E-state index >= 15 is 0 Å². The molecule has 0 spiro atoms. The molecule has 0 saturated carbocycles. The van der Waals surface area contributed by atoms with Crippen molar-refractivity contribution in [2.75, 3.05) is 53.0 Å². The quantitative estimate of drug-likeness (QED) is 0.530. The molecule has 0 radical (unpaired) electrons. The van der Waals surface area contributed by atoms with Crippen LogP contribution in [0.5, 0.6) is 17.2 Å². The van der Waals surface area contributed by atoms with E-state index in [0.29, 0.717) is 55.4 Å². The molecule has 1 saturated heterocycles. The molecule has 37 heavy (non-hydrogen) atoms. The lowest BCUT2D eigenvalue weighted by Crippen LogP contribution is -2.57. The molecule has 2 atom stereocenters. The largest absolute Gasteiger partial charge is 0.493 e. The summed E-state index contributed by atoms with van der Waals surface area (Å²) in [5.41, 5.74) is 1.26. The SMILES string of the molecule is COc1ccc2cc1Oc1cccc(c1)CO[C@H]1CCN(CCO)C[C@@H]1NC(=O)CN(CCCO)C2=O. The van der Waals surface area contributed by atoms with Crippen LogP contribution >= 0.6 is 0 Å². The summed E-state index contributed by atoms with van der Waals surface area (Å²) in [6.07, 6.45) is 0.798. The van der Waals surface area contributed by atoms with Crippen molar-refractivity contribution in [3.63, 3.8) is 0 Å². The Hall–Kier alpha value is -3.18. The van der Waals surface area contributed by atoms with E-state index in [9.17, 15) is 19.8 Å². The molecule has 200 valence electrons. The fraction of sp³-hybridized carbons (Fsp3) is 0.481. The molecule has 10 nitrogen and oxygen atoms in total. The lowest BCUT2D eigenvalue weighted by molar-refractivity contribution is -0.125. The van der Waals surface area contributed by atoms with Crippen LogP contribution in [0.15, 0.2) is 42.5 Å². The first-order valence-corrected chi connectivity index (χ1v) is 12.6. The minimum atomic E-state index is -0.352. The number of aliphatic hydroxyl groups is 2. The number of hydrogen-bond donors (Lipinski definition) is 3. The highest BCUT2D eigenvalue weighted by Crippen LogP contribution is 2.33. The third kappa shape index (κ3) is 6.98. The van der Waals surface area contributed by atoms with Crippen LogP contribution in [0, 0.1) is 0 Å². The maximum absolute atomic E-state index is 13.5. The number of rotatable bonds is 6. The number of nitrogens with zero attached hydrogens (tertiary/aromatic N) is 2. The number of fused-ring (bicyclic) bond motifs is 5. The maximum Gasteiger partial charge on any atom is 0.254 e. The zero-order valence-corrected chi connectivity index (χ0v) is 21.1. The number of likely N-dealkylation sites (tertiary alicyclic amines) is 1. The van der Waals surface area contributed by atoms with Gasteiger partial charge in [0.25, 0.3) is 5.91 Å². The second-order valence-corrected chi connectivity index (χ2v) is 9.26. The fourth-order valence-corrected chi connectivity index (χ4v) is 4.72. The Labute approximate surface area is 216 Å². The highest BCUT2D eigenvalue weighted by molar-refractivity contribution is 5.97. The van der Waals surface area contributed by atoms with Gasteiger partial charge in [-0.05, 0) is 48.7 Å². The molecule has 2 aliphatic rings. The van der Waals surface area contributed by atoms with Gasteiger partial charge in [0, 0.05) is 38.3 Å². The van der Waals surface area contributed by atoms with E-state index in [4.69, 9.17) is 14.2 Å². The summed E-state index contributed by atoms with van der Waals surface area (Å²) in [6.45, 7) is 2.12. The Morgan fingerprint density at radius 1 is 1.11 bits per heavy atom. The molecular weight excluding hydrogens is 478 g/mol. The maximum atomic E-state index is 13.5. The summed E-state index contributed by atoms with van der Waals surface area (Å²) in [5.74, 6) is 0.763. The minimum Gasteiger partial charge on any atom is -0.493 e. The number of amides is 2. The molecular formula is C27H35N3O7. The van der Waals surface area contributed by atoms with Crippen LogP contribution in [-0.2, 0) is 16.1 Å². The zero-order valence-electron chi connectivity index (χ0n) is 21.1. The molecule has 4 rings (SSSR count). The van der Waals surface area contributed by atoms with Crippen LogP contribution in [-0.4, -0.2) is 97.0 Å². The van der Waals surface area contributed by atoms with Crippen molar-refractivity contribution in [1.82, 2.24) is 15.1 Å². The number of carbonyl (C=O) groups is 2. The first-order valence-electron chi connectivity index (χ1n) is 12.6. The van der Waals surface area contributed by atoms with Gasteiger partial charge in [0.05, 0.1) is 39.0 Å². The van der Waals surface area contributed by atoms with E-state index < -0.39 is 0 Å². The van der Waals surface area contributed by atoms with E-state index in [1.165, 1.54) is 12.0 Å². The molecule has 0 unspecified atom stereocenters. The molecule has 2 amide bonds. The molecule has 2 heterocycles. The Morgan fingerprint density at radius 3 is 2.76 bits per heavy atom. The van der Waals surface area contributed by atoms with Crippen LogP contribution in [0.1, 0.15) is 28.8 Å². The van der Waals surface area contributed by atoms with Gasteiger partial charge in [-0.15, -0.1) is 0 Å². The Bertz CT molecular complexity index is 1080. The highest BCUT2D eigenvalue weighted by atomic mass is 16.5. The number of β-amino-alcohol motifs (C(OH)–C–C–N with tert-alkyl or cyclic N) is 1. The van der Waals surface area contributed by atoms with Crippen molar-refractivity contribution >= 4 is 11.8 Å². The number of carbonyl (C=O) groups excluding carboxylic acids is 2. The number of ether oxygens (including phenoxy) is 3. The number of methoxy groups -OCH3 is 1. The van der Waals surface area contributed by atoms with Gasteiger partial charge in [-0.3, -0.25) is 14.5 Å². The van der Waals surface area contributed by atoms with Crippen LogP contribution in [0.3, 0.4) is 0 Å². The smallest absolute Gasteiger partial charge is 0.254 e. The summed E-state index contributed by atoms with van der Waals surface area (Å²) in [7, 11) is 1.53. The molecule has 0 aromatic heterocycles. The van der Waals surface area contributed by atoms with Crippen molar-refractivity contribution < 1.29 is 34.0 Å². The Morgan fingerprint density at radius 2 is 1.97 bits per heavy atom. The van der Waals surface area contributed by atoms with Gasteiger partial charge in [-0.1, -0.05) is 12.1 Å². The lowest BCUT2D eigenvalue weighted by atomic mass is 10.0. The number of piperidine rings is 1. The molecule has 2 aromatic rings. The molecule has 0 aliphatic carbocycles. The summed E-state index contributed by atoms with van der Waals surface area (Å²) < 4.78 is 17.8. The van der Waals surface area contributed by atoms with Crippen molar-refractivity contribution in [1.29, 1.82) is 0 Å². The van der Waals surface area contributed by atoms with E-state index in [1.54, 1.807) is 18.2 Å². The first-order chi connectivity index (χ1) is 18.0. The summed E-state index contributed by atoms with van der Waals surface area (Å²) in [5, 5.41) is 21.8. The highest BCUT2D eigenvalue weighted by Gasteiger charge is 2.32. The molecule has 2 aromatic carbocycles. The van der Waals surface area contributed by atoms with E-state index in [1.807, 2.05) is 24.3 Å². The van der Waals surface area contributed by atoms with E-state index in [-0.39, 0.29) is 50.3 Å². The normalized spacial score (nSPS) is 21.1. The number of benzene rings is 2. The summed E-state index contributed by atoms with van der Waals surface area (Å²) in [6, 6.07) is 12.1. The average Bonchev–Trinajstić information content (AvgIpc) is 2.90.